The molecule has 21 heavy (non-hydrogen) atoms. The summed E-state index contributed by atoms with van der Waals surface area (Å²) in [5, 5.41) is 4.46. The summed E-state index contributed by atoms with van der Waals surface area (Å²) in [5.41, 5.74) is 3.14. The van der Waals surface area contributed by atoms with Gasteiger partial charge in [0.05, 0.1) is 11.1 Å². The van der Waals surface area contributed by atoms with Gasteiger partial charge in [0.1, 0.15) is 11.3 Å². The molecule has 116 valence electrons. The van der Waals surface area contributed by atoms with Gasteiger partial charge in [-0.15, -0.1) is 11.6 Å². The van der Waals surface area contributed by atoms with Crippen molar-refractivity contribution in [2.45, 2.75) is 64.3 Å². The average molecular weight is 309 g/mol. The van der Waals surface area contributed by atoms with Crippen molar-refractivity contribution in [1.29, 1.82) is 0 Å². The monoisotopic (exact) mass is 308 g/mol. The van der Waals surface area contributed by atoms with E-state index in [1.165, 1.54) is 32.1 Å². The smallest absolute Gasteiger partial charge is 0.158 e. The first-order valence-corrected chi connectivity index (χ1v) is 8.52. The van der Waals surface area contributed by atoms with Crippen molar-refractivity contribution in [1.82, 2.24) is 19.3 Å². The van der Waals surface area contributed by atoms with E-state index in [4.69, 9.17) is 16.6 Å². The largest absolute Gasteiger partial charge is 0.309 e. The molecule has 4 nitrogen and oxygen atoms in total. The van der Waals surface area contributed by atoms with Crippen LogP contribution >= 0.6 is 11.6 Å². The molecule has 1 aliphatic rings. The minimum Gasteiger partial charge on any atom is -0.309 e. The molecule has 0 saturated heterocycles. The van der Waals surface area contributed by atoms with Gasteiger partial charge in [-0.3, -0.25) is 4.68 Å². The molecular weight excluding hydrogens is 284 g/mol. The lowest BCUT2D eigenvalue weighted by Crippen LogP contribution is -2.21. The van der Waals surface area contributed by atoms with E-state index in [9.17, 15) is 0 Å². The summed E-state index contributed by atoms with van der Waals surface area (Å²) in [6.07, 6.45) is 6.38. The molecule has 0 aliphatic heterocycles. The van der Waals surface area contributed by atoms with E-state index in [2.05, 4.69) is 16.6 Å². The number of halogens is 1. The Morgan fingerprint density at radius 2 is 1.95 bits per heavy atom. The molecule has 0 amide bonds. The minimum absolute atomic E-state index is 0.0688. The standard InChI is InChI=1S/C16H25ClN4/c1-5-12-6-8-13(9-7-12)21-15(10(2)17)18-14-11(3)19-20(4)16(14)21/h10,12-13H,5-9H2,1-4H3. The lowest BCUT2D eigenvalue weighted by atomic mass is 9.84. The van der Waals surface area contributed by atoms with Gasteiger partial charge in [0.15, 0.2) is 5.65 Å². The van der Waals surface area contributed by atoms with Gasteiger partial charge < -0.3 is 4.57 Å². The number of hydrogen-bond donors (Lipinski definition) is 0. The molecule has 0 radical (unpaired) electrons. The summed E-state index contributed by atoms with van der Waals surface area (Å²) in [6, 6.07) is 0.517. The van der Waals surface area contributed by atoms with Gasteiger partial charge in [0.25, 0.3) is 0 Å². The zero-order chi connectivity index (χ0) is 15.1. The van der Waals surface area contributed by atoms with Gasteiger partial charge >= 0.3 is 0 Å². The molecule has 1 atom stereocenters. The summed E-state index contributed by atoms with van der Waals surface area (Å²) in [4.78, 5) is 4.79. The van der Waals surface area contributed by atoms with Gasteiger partial charge in [-0.05, 0) is 45.4 Å². The molecule has 1 saturated carbocycles. The molecule has 0 spiro atoms. The van der Waals surface area contributed by atoms with Crippen LogP contribution in [0.1, 0.15) is 68.9 Å². The zero-order valence-electron chi connectivity index (χ0n) is 13.4. The van der Waals surface area contributed by atoms with Gasteiger partial charge in [-0.2, -0.15) is 5.10 Å². The average Bonchev–Trinajstić information content (AvgIpc) is 2.99. The molecule has 0 bridgehead atoms. The van der Waals surface area contributed by atoms with Crippen LogP contribution in [0.4, 0.5) is 0 Å². The van der Waals surface area contributed by atoms with Crippen molar-refractivity contribution in [3.63, 3.8) is 0 Å². The lowest BCUT2D eigenvalue weighted by Gasteiger charge is -2.30. The van der Waals surface area contributed by atoms with Crippen LogP contribution in [0, 0.1) is 12.8 Å². The summed E-state index contributed by atoms with van der Waals surface area (Å²) in [7, 11) is 2.01. The highest BCUT2D eigenvalue weighted by atomic mass is 35.5. The van der Waals surface area contributed by atoms with Gasteiger partial charge in [-0.1, -0.05) is 13.3 Å². The summed E-state index contributed by atoms with van der Waals surface area (Å²) in [5.74, 6) is 1.90. The number of aromatic nitrogens is 4. The highest BCUT2D eigenvalue weighted by Gasteiger charge is 2.28. The normalized spacial score (nSPS) is 24.6. The summed E-state index contributed by atoms with van der Waals surface area (Å²) >= 11 is 6.40. The fraction of sp³-hybridized carbons (Fsp3) is 0.750. The molecule has 2 aromatic rings. The highest BCUT2D eigenvalue weighted by molar-refractivity contribution is 6.20. The number of imidazole rings is 1. The molecule has 2 aromatic heterocycles. The molecule has 0 aromatic carbocycles. The van der Waals surface area contributed by atoms with E-state index in [1.807, 2.05) is 25.6 Å². The van der Waals surface area contributed by atoms with Crippen molar-refractivity contribution in [2.75, 3.05) is 0 Å². The van der Waals surface area contributed by atoms with Gasteiger partial charge in [0, 0.05) is 13.1 Å². The van der Waals surface area contributed by atoms with E-state index in [0.717, 1.165) is 28.6 Å². The van der Waals surface area contributed by atoms with Crippen LogP contribution in [0.3, 0.4) is 0 Å². The van der Waals surface area contributed by atoms with Crippen LogP contribution in [0.25, 0.3) is 11.2 Å². The van der Waals surface area contributed by atoms with E-state index < -0.39 is 0 Å². The van der Waals surface area contributed by atoms with Crippen LogP contribution in [0.5, 0.6) is 0 Å². The maximum atomic E-state index is 6.40. The van der Waals surface area contributed by atoms with Crippen LogP contribution in [0.15, 0.2) is 0 Å². The second-order valence-electron chi connectivity index (χ2n) is 6.42. The third-order valence-corrected chi connectivity index (χ3v) is 5.17. The summed E-state index contributed by atoms with van der Waals surface area (Å²) in [6.45, 7) is 6.34. The highest BCUT2D eigenvalue weighted by Crippen LogP contribution is 2.38. The number of rotatable bonds is 3. The van der Waals surface area contributed by atoms with Crippen LogP contribution in [-0.2, 0) is 7.05 Å². The molecule has 3 rings (SSSR count). The topological polar surface area (TPSA) is 35.6 Å². The van der Waals surface area contributed by atoms with Crippen molar-refractivity contribution in [2.24, 2.45) is 13.0 Å². The molecule has 5 heteroatoms. The van der Waals surface area contributed by atoms with E-state index in [-0.39, 0.29) is 5.38 Å². The van der Waals surface area contributed by atoms with Crippen LogP contribution in [-0.4, -0.2) is 19.3 Å². The van der Waals surface area contributed by atoms with Crippen LogP contribution < -0.4 is 0 Å². The first-order valence-electron chi connectivity index (χ1n) is 8.08. The first kappa shape index (κ1) is 14.9. The zero-order valence-corrected chi connectivity index (χ0v) is 14.2. The Balaban J connectivity index is 2.05. The quantitative estimate of drug-likeness (QED) is 0.782. The van der Waals surface area contributed by atoms with E-state index >= 15 is 0 Å². The third kappa shape index (κ3) is 2.48. The molecule has 1 fully saturated rings. The number of alkyl halides is 1. The van der Waals surface area contributed by atoms with Crippen molar-refractivity contribution in [3.8, 4) is 0 Å². The van der Waals surface area contributed by atoms with Crippen molar-refractivity contribution in [3.05, 3.63) is 11.5 Å². The lowest BCUT2D eigenvalue weighted by molar-refractivity contribution is 0.268. The Kier molecular flexibility index (Phi) is 4.00. The number of fused-ring (bicyclic) bond motifs is 1. The van der Waals surface area contributed by atoms with Crippen molar-refractivity contribution < 1.29 is 0 Å². The molecule has 0 N–H and O–H groups in total. The fourth-order valence-corrected chi connectivity index (χ4v) is 3.92. The number of hydrogen-bond acceptors (Lipinski definition) is 2. The number of nitrogens with zero attached hydrogens (tertiary/aromatic N) is 4. The minimum atomic E-state index is -0.0688. The summed E-state index contributed by atoms with van der Waals surface area (Å²) < 4.78 is 4.34. The maximum Gasteiger partial charge on any atom is 0.158 e. The maximum absolute atomic E-state index is 6.40. The van der Waals surface area contributed by atoms with Crippen LogP contribution in [0.2, 0.25) is 0 Å². The fourth-order valence-electron chi connectivity index (χ4n) is 3.76. The molecule has 2 heterocycles. The van der Waals surface area contributed by atoms with Gasteiger partial charge in [-0.25, -0.2) is 4.98 Å². The predicted molar refractivity (Wildman–Crippen MR) is 86.8 cm³/mol. The molecule has 1 aliphatic carbocycles. The van der Waals surface area contributed by atoms with Crippen molar-refractivity contribution >= 4 is 22.8 Å². The first-order chi connectivity index (χ1) is 10.0. The van der Waals surface area contributed by atoms with E-state index in [0.29, 0.717) is 6.04 Å². The Morgan fingerprint density at radius 1 is 1.29 bits per heavy atom. The Labute approximate surface area is 131 Å². The Morgan fingerprint density at radius 3 is 2.52 bits per heavy atom. The molecular formula is C16H25ClN4. The van der Waals surface area contributed by atoms with E-state index in [1.54, 1.807) is 0 Å². The predicted octanol–water partition coefficient (Wildman–Crippen LogP) is 4.52. The number of aryl methyl sites for hydroxylation is 2. The Hall–Kier alpha value is -1.03. The van der Waals surface area contributed by atoms with Gasteiger partial charge in [0.2, 0.25) is 0 Å². The SMILES string of the molecule is CCC1CCC(n2c(C(C)Cl)nc3c(C)nn(C)c32)CC1. The Bertz CT molecular complexity index is 632. The molecule has 1 unspecified atom stereocenters. The second kappa shape index (κ2) is 5.64. The third-order valence-electron chi connectivity index (χ3n) is 4.98. The second-order valence-corrected chi connectivity index (χ2v) is 7.07.